The van der Waals surface area contributed by atoms with Gasteiger partial charge in [-0.1, -0.05) is 13.8 Å². The number of hydrogen-bond acceptors (Lipinski definition) is 5. The van der Waals surface area contributed by atoms with Gasteiger partial charge >= 0.3 is 5.97 Å². The Morgan fingerprint density at radius 3 is 2.05 bits per heavy atom. The number of hydrogen-bond donors (Lipinski definition) is 1. The van der Waals surface area contributed by atoms with Crippen molar-refractivity contribution in [2.24, 2.45) is 5.92 Å². The number of rotatable bonds is 8. The third-order valence-electron chi connectivity index (χ3n) is 2.46. The Balaban J connectivity index is 4.49. The summed E-state index contributed by atoms with van der Waals surface area (Å²) in [5.74, 6) is 0.167. The minimum absolute atomic E-state index is 0.229. The van der Waals surface area contributed by atoms with Crippen molar-refractivity contribution in [2.45, 2.75) is 59.0 Å². The summed E-state index contributed by atoms with van der Waals surface area (Å²) in [6.45, 7) is 10.2. The number of methoxy groups -OCH3 is 2. The van der Waals surface area contributed by atoms with E-state index in [1.807, 2.05) is 20.8 Å². The molecule has 1 N–H and O–H groups in total. The third kappa shape index (κ3) is 8.97. The SMILES string of the molecule is COC(CN[C@@H](CC(C)C)C(=O)OC(C)(C)C)OC. The van der Waals surface area contributed by atoms with Gasteiger partial charge in [0.15, 0.2) is 6.29 Å². The Hall–Kier alpha value is -0.650. The van der Waals surface area contributed by atoms with Crippen LogP contribution in [-0.4, -0.2) is 44.7 Å². The maximum Gasteiger partial charge on any atom is 0.323 e. The lowest BCUT2D eigenvalue weighted by atomic mass is 10.0. The molecule has 0 unspecified atom stereocenters. The van der Waals surface area contributed by atoms with Crippen LogP contribution in [0.3, 0.4) is 0 Å². The minimum atomic E-state index is -0.476. The van der Waals surface area contributed by atoms with Gasteiger partial charge < -0.3 is 14.2 Å². The largest absolute Gasteiger partial charge is 0.459 e. The standard InChI is InChI=1S/C14H29NO4/c1-10(2)8-11(13(16)19-14(3,4)5)15-9-12(17-6)18-7/h10-12,15H,8-9H2,1-7H3/t11-/m0/s1. The van der Waals surface area contributed by atoms with E-state index in [0.29, 0.717) is 12.5 Å². The molecule has 0 heterocycles. The van der Waals surface area contributed by atoms with Gasteiger partial charge in [-0.3, -0.25) is 10.1 Å². The second-order valence-electron chi connectivity index (χ2n) is 6.02. The molecule has 0 spiro atoms. The van der Waals surface area contributed by atoms with Crippen LogP contribution in [-0.2, 0) is 19.0 Å². The maximum atomic E-state index is 12.1. The fourth-order valence-corrected chi connectivity index (χ4v) is 1.61. The Labute approximate surface area is 117 Å². The molecule has 19 heavy (non-hydrogen) atoms. The average Bonchev–Trinajstić information content (AvgIpc) is 2.25. The summed E-state index contributed by atoms with van der Waals surface area (Å²) in [5, 5.41) is 3.15. The molecule has 0 aliphatic carbocycles. The molecule has 114 valence electrons. The van der Waals surface area contributed by atoms with Crippen molar-refractivity contribution < 1.29 is 19.0 Å². The minimum Gasteiger partial charge on any atom is -0.459 e. The molecule has 1 atom stereocenters. The van der Waals surface area contributed by atoms with Crippen molar-refractivity contribution in [3.05, 3.63) is 0 Å². The van der Waals surface area contributed by atoms with Gasteiger partial charge in [0.2, 0.25) is 0 Å². The van der Waals surface area contributed by atoms with Crippen molar-refractivity contribution >= 4 is 5.97 Å². The Morgan fingerprint density at radius 1 is 1.16 bits per heavy atom. The smallest absolute Gasteiger partial charge is 0.323 e. The highest BCUT2D eigenvalue weighted by Crippen LogP contribution is 2.13. The summed E-state index contributed by atoms with van der Waals surface area (Å²) >= 11 is 0. The molecule has 0 saturated carbocycles. The van der Waals surface area contributed by atoms with Crippen molar-refractivity contribution in [1.29, 1.82) is 0 Å². The van der Waals surface area contributed by atoms with Crippen LogP contribution < -0.4 is 5.32 Å². The van der Waals surface area contributed by atoms with E-state index in [1.165, 1.54) is 0 Å². The first-order chi connectivity index (χ1) is 8.69. The Bertz CT molecular complexity index is 257. The van der Waals surface area contributed by atoms with E-state index in [9.17, 15) is 4.79 Å². The summed E-state index contributed by atoms with van der Waals surface area (Å²) in [6.07, 6.45) is 0.354. The predicted octanol–water partition coefficient (Wildman–Crippen LogP) is 1.95. The summed E-state index contributed by atoms with van der Waals surface area (Å²) in [7, 11) is 3.14. The summed E-state index contributed by atoms with van der Waals surface area (Å²) in [4.78, 5) is 12.1. The molecule has 0 fully saturated rings. The lowest BCUT2D eigenvalue weighted by Gasteiger charge is -2.26. The molecular formula is C14H29NO4. The highest BCUT2D eigenvalue weighted by Gasteiger charge is 2.26. The first-order valence-electron chi connectivity index (χ1n) is 6.71. The van der Waals surface area contributed by atoms with Gasteiger partial charge in [-0.15, -0.1) is 0 Å². The molecule has 0 aromatic carbocycles. The zero-order valence-corrected chi connectivity index (χ0v) is 13.3. The third-order valence-corrected chi connectivity index (χ3v) is 2.46. The van der Waals surface area contributed by atoms with Crippen LogP contribution in [0.15, 0.2) is 0 Å². The molecule has 0 aliphatic rings. The molecule has 5 nitrogen and oxygen atoms in total. The van der Waals surface area contributed by atoms with Crippen LogP contribution in [0.4, 0.5) is 0 Å². The number of carbonyl (C=O) groups is 1. The topological polar surface area (TPSA) is 56.8 Å². The van der Waals surface area contributed by atoms with Crippen molar-refractivity contribution in [3.63, 3.8) is 0 Å². The molecule has 0 saturated heterocycles. The second-order valence-corrected chi connectivity index (χ2v) is 6.02. The zero-order chi connectivity index (χ0) is 15.1. The Kier molecular flexibility index (Phi) is 8.22. The van der Waals surface area contributed by atoms with Gasteiger partial charge in [-0.25, -0.2) is 0 Å². The van der Waals surface area contributed by atoms with Crippen molar-refractivity contribution in [1.82, 2.24) is 5.32 Å². The molecule has 0 aliphatic heterocycles. The predicted molar refractivity (Wildman–Crippen MR) is 74.9 cm³/mol. The lowest BCUT2D eigenvalue weighted by molar-refractivity contribution is -0.159. The molecule has 0 amide bonds. The van der Waals surface area contributed by atoms with E-state index >= 15 is 0 Å². The van der Waals surface area contributed by atoms with E-state index in [-0.39, 0.29) is 18.3 Å². The van der Waals surface area contributed by atoms with Gasteiger partial charge in [-0.2, -0.15) is 0 Å². The van der Waals surface area contributed by atoms with E-state index in [2.05, 4.69) is 19.2 Å². The van der Waals surface area contributed by atoms with Crippen molar-refractivity contribution in [2.75, 3.05) is 20.8 Å². The van der Waals surface area contributed by atoms with Gasteiger partial charge in [0.1, 0.15) is 11.6 Å². The fraction of sp³-hybridized carbons (Fsp3) is 0.929. The molecular weight excluding hydrogens is 246 g/mol. The zero-order valence-electron chi connectivity index (χ0n) is 13.3. The van der Waals surface area contributed by atoms with Crippen LogP contribution >= 0.6 is 0 Å². The van der Waals surface area contributed by atoms with E-state index < -0.39 is 5.60 Å². The Morgan fingerprint density at radius 2 is 1.68 bits per heavy atom. The van der Waals surface area contributed by atoms with Gasteiger partial charge in [0.25, 0.3) is 0 Å². The summed E-state index contributed by atoms with van der Waals surface area (Å²) in [5.41, 5.74) is -0.476. The fourth-order valence-electron chi connectivity index (χ4n) is 1.61. The summed E-state index contributed by atoms with van der Waals surface area (Å²) in [6, 6.07) is -0.341. The maximum absolute atomic E-state index is 12.1. The van der Waals surface area contributed by atoms with Gasteiger partial charge in [0, 0.05) is 20.8 Å². The highest BCUT2D eigenvalue weighted by molar-refractivity contribution is 5.76. The number of nitrogens with one attached hydrogen (secondary N) is 1. The normalized spacial score (nSPS) is 13.9. The molecule has 0 aromatic heterocycles. The molecule has 0 rings (SSSR count). The first-order valence-corrected chi connectivity index (χ1v) is 6.71. The quantitative estimate of drug-likeness (QED) is 0.542. The molecule has 0 bridgehead atoms. The molecule has 0 radical (unpaired) electrons. The molecule has 0 aromatic rings. The van der Waals surface area contributed by atoms with Crippen LogP contribution in [0, 0.1) is 5.92 Å². The first kappa shape index (κ1) is 18.4. The lowest BCUT2D eigenvalue weighted by Crippen LogP contribution is -2.45. The van der Waals surface area contributed by atoms with Gasteiger partial charge in [-0.05, 0) is 33.1 Å². The average molecular weight is 275 g/mol. The number of carbonyl (C=O) groups excluding carboxylic acids is 1. The van der Waals surface area contributed by atoms with Crippen LogP contribution in [0.25, 0.3) is 0 Å². The number of ether oxygens (including phenoxy) is 3. The van der Waals surface area contributed by atoms with Crippen molar-refractivity contribution in [3.8, 4) is 0 Å². The number of esters is 1. The highest BCUT2D eigenvalue weighted by atomic mass is 16.7. The summed E-state index contributed by atoms with van der Waals surface area (Å²) < 4.78 is 15.6. The van der Waals surface area contributed by atoms with Crippen LogP contribution in [0.5, 0.6) is 0 Å². The van der Waals surface area contributed by atoms with E-state index in [4.69, 9.17) is 14.2 Å². The second kappa shape index (κ2) is 8.51. The molecule has 5 heteroatoms. The van der Waals surface area contributed by atoms with Gasteiger partial charge in [0.05, 0.1) is 0 Å². The monoisotopic (exact) mass is 275 g/mol. The van der Waals surface area contributed by atoms with Crippen LogP contribution in [0.2, 0.25) is 0 Å². The van der Waals surface area contributed by atoms with E-state index in [0.717, 1.165) is 6.42 Å². The van der Waals surface area contributed by atoms with E-state index in [1.54, 1.807) is 14.2 Å². The van der Waals surface area contributed by atoms with Crippen LogP contribution in [0.1, 0.15) is 41.0 Å².